The molecule has 8 nitrogen and oxygen atoms in total. The van der Waals surface area contributed by atoms with Gasteiger partial charge in [0, 0.05) is 18.8 Å². The number of fused-ring (bicyclic) bond motifs is 2. The van der Waals surface area contributed by atoms with Crippen molar-refractivity contribution in [3.8, 4) is 0 Å². The molecule has 36 heavy (non-hydrogen) atoms. The lowest BCUT2D eigenvalue weighted by Gasteiger charge is -2.15. The van der Waals surface area contributed by atoms with Gasteiger partial charge in [0.2, 0.25) is 0 Å². The van der Waals surface area contributed by atoms with E-state index < -0.39 is 11.9 Å². The number of pyridine rings is 2. The largest absolute Gasteiger partial charge is 0.462 e. The van der Waals surface area contributed by atoms with Crippen LogP contribution in [0, 0.1) is 0 Å². The highest BCUT2D eigenvalue weighted by molar-refractivity contribution is 5.95. The van der Waals surface area contributed by atoms with Crippen LogP contribution < -0.4 is 11.0 Å². The summed E-state index contributed by atoms with van der Waals surface area (Å²) in [5, 5.41) is 0.254. The van der Waals surface area contributed by atoms with E-state index in [1.54, 1.807) is 42.0 Å². The van der Waals surface area contributed by atoms with Crippen molar-refractivity contribution in [3.63, 3.8) is 0 Å². The Hall–Kier alpha value is -4.33. The normalized spacial score (nSPS) is 12.0. The smallest absolute Gasteiger partial charge is 0.341 e. The minimum Gasteiger partial charge on any atom is -0.462 e. The summed E-state index contributed by atoms with van der Waals surface area (Å²) < 4.78 is 8.39. The predicted molar refractivity (Wildman–Crippen MR) is 138 cm³/mol. The summed E-state index contributed by atoms with van der Waals surface area (Å²) >= 11 is 0. The van der Waals surface area contributed by atoms with Crippen molar-refractivity contribution in [1.82, 2.24) is 14.0 Å². The molecule has 0 radical (unpaired) electrons. The first-order chi connectivity index (χ1) is 17.5. The van der Waals surface area contributed by atoms with Crippen LogP contribution in [0.5, 0.6) is 0 Å². The van der Waals surface area contributed by atoms with E-state index in [9.17, 15) is 14.4 Å². The van der Waals surface area contributed by atoms with E-state index in [1.165, 1.54) is 16.5 Å². The van der Waals surface area contributed by atoms with Gasteiger partial charge in [-0.25, -0.2) is 9.78 Å². The molecule has 3 heterocycles. The zero-order valence-electron chi connectivity index (χ0n) is 20.4. The molecule has 0 atom stereocenters. The van der Waals surface area contributed by atoms with Gasteiger partial charge in [0.1, 0.15) is 16.9 Å². The van der Waals surface area contributed by atoms with Crippen molar-refractivity contribution in [2.24, 2.45) is 4.99 Å². The van der Waals surface area contributed by atoms with E-state index in [-0.39, 0.29) is 28.6 Å². The van der Waals surface area contributed by atoms with Crippen molar-refractivity contribution in [3.05, 3.63) is 93.8 Å². The lowest BCUT2D eigenvalue weighted by atomic mass is 10.2. The third kappa shape index (κ3) is 5.33. The molecule has 4 aromatic rings. The standard InChI is InChI=1S/C28H28N4O4/c1-3-5-10-18-32-25-21(27(34)31-17-11-9-14-23(31)29-25)19-22(28(35)36-4-2)26(32)30-24(33)16-15-20-12-7-6-8-13-20/h6-9,11-17,19H,3-5,10,18H2,1-2H3. The Kier molecular flexibility index (Phi) is 7.85. The molecule has 4 rings (SSSR count). The van der Waals surface area contributed by atoms with Gasteiger partial charge in [-0.15, -0.1) is 0 Å². The summed E-state index contributed by atoms with van der Waals surface area (Å²) in [4.78, 5) is 48.2. The summed E-state index contributed by atoms with van der Waals surface area (Å²) in [5.74, 6) is -1.19. The number of rotatable bonds is 8. The number of hydrogen-bond donors (Lipinski definition) is 0. The SMILES string of the molecule is CCCCCn1c(=NC(=O)C=Cc2ccccc2)c(C(=O)OCC)cc2c(=O)n3ccccc3nc21. The van der Waals surface area contributed by atoms with Crippen LogP contribution in [0.15, 0.2) is 76.7 Å². The summed E-state index contributed by atoms with van der Waals surface area (Å²) in [6.07, 6.45) is 7.30. The van der Waals surface area contributed by atoms with Crippen LogP contribution in [0.3, 0.4) is 0 Å². The lowest BCUT2D eigenvalue weighted by Crippen LogP contribution is -2.32. The lowest BCUT2D eigenvalue weighted by molar-refractivity contribution is -0.113. The van der Waals surface area contributed by atoms with Gasteiger partial charge in [-0.3, -0.25) is 14.0 Å². The van der Waals surface area contributed by atoms with Gasteiger partial charge in [0.25, 0.3) is 11.5 Å². The fraction of sp³-hybridized carbons (Fsp3) is 0.250. The van der Waals surface area contributed by atoms with Gasteiger partial charge >= 0.3 is 5.97 Å². The molecule has 0 aliphatic heterocycles. The van der Waals surface area contributed by atoms with E-state index in [0.717, 1.165) is 24.8 Å². The van der Waals surface area contributed by atoms with Crippen LogP contribution in [-0.4, -0.2) is 32.4 Å². The first-order valence-corrected chi connectivity index (χ1v) is 12.1. The number of esters is 1. The monoisotopic (exact) mass is 484 g/mol. The maximum Gasteiger partial charge on any atom is 0.341 e. The minimum atomic E-state index is -0.653. The maximum absolute atomic E-state index is 13.3. The number of benzene rings is 1. The van der Waals surface area contributed by atoms with Crippen molar-refractivity contribution in [2.45, 2.75) is 39.7 Å². The molecule has 0 N–H and O–H groups in total. The van der Waals surface area contributed by atoms with E-state index >= 15 is 0 Å². The van der Waals surface area contributed by atoms with Crippen LogP contribution in [0.1, 0.15) is 49.0 Å². The summed E-state index contributed by atoms with van der Waals surface area (Å²) in [5.41, 5.74) is 1.55. The Labute approximate surface area is 208 Å². The quantitative estimate of drug-likeness (QED) is 0.162. The topological polar surface area (TPSA) is 95.0 Å². The number of hydrogen-bond acceptors (Lipinski definition) is 5. The Morgan fingerprint density at radius 1 is 1.06 bits per heavy atom. The van der Waals surface area contributed by atoms with E-state index in [0.29, 0.717) is 17.8 Å². The van der Waals surface area contributed by atoms with Crippen LogP contribution in [0.25, 0.3) is 22.8 Å². The fourth-order valence-electron chi connectivity index (χ4n) is 3.96. The van der Waals surface area contributed by atoms with Crippen LogP contribution in [0.4, 0.5) is 0 Å². The molecule has 8 heteroatoms. The summed E-state index contributed by atoms with van der Waals surface area (Å²) in [6.45, 7) is 4.35. The molecule has 3 aromatic heterocycles. The third-order valence-corrected chi connectivity index (χ3v) is 5.70. The highest BCUT2D eigenvalue weighted by Crippen LogP contribution is 2.13. The van der Waals surface area contributed by atoms with Gasteiger partial charge in [-0.1, -0.05) is 56.2 Å². The van der Waals surface area contributed by atoms with Crippen molar-refractivity contribution in [1.29, 1.82) is 0 Å². The minimum absolute atomic E-state index is 0.0529. The zero-order chi connectivity index (χ0) is 25.5. The van der Waals surface area contributed by atoms with E-state index in [2.05, 4.69) is 11.9 Å². The number of aromatic nitrogens is 3. The molecule has 0 aliphatic carbocycles. The number of aryl methyl sites for hydroxylation is 1. The Morgan fingerprint density at radius 2 is 1.83 bits per heavy atom. The molecule has 0 unspecified atom stereocenters. The van der Waals surface area contributed by atoms with Crippen molar-refractivity contribution < 1.29 is 14.3 Å². The average molecular weight is 485 g/mol. The Morgan fingerprint density at radius 3 is 2.58 bits per heavy atom. The highest BCUT2D eigenvalue weighted by atomic mass is 16.5. The Balaban J connectivity index is 1.99. The molecule has 0 spiro atoms. The van der Waals surface area contributed by atoms with Crippen molar-refractivity contribution >= 4 is 34.6 Å². The number of unbranched alkanes of at least 4 members (excludes halogenated alkanes) is 2. The zero-order valence-corrected chi connectivity index (χ0v) is 20.4. The number of nitrogens with zero attached hydrogens (tertiary/aromatic N) is 4. The van der Waals surface area contributed by atoms with Crippen LogP contribution in [-0.2, 0) is 16.1 Å². The number of carbonyl (C=O) groups excluding carboxylic acids is 2. The summed E-state index contributed by atoms with van der Waals surface area (Å²) in [6, 6.07) is 16.1. The van der Waals surface area contributed by atoms with Gasteiger partial charge in [-0.2, -0.15) is 4.99 Å². The van der Waals surface area contributed by atoms with Gasteiger partial charge in [0.15, 0.2) is 5.49 Å². The Bertz CT molecular complexity index is 1570. The molecule has 184 valence electrons. The number of amides is 1. The first kappa shape index (κ1) is 24.8. The second kappa shape index (κ2) is 11.4. The van der Waals surface area contributed by atoms with Crippen molar-refractivity contribution in [2.75, 3.05) is 6.61 Å². The molecule has 1 aromatic carbocycles. The van der Waals surface area contributed by atoms with Gasteiger partial charge < -0.3 is 9.30 Å². The highest BCUT2D eigenvalue weighted by Gasteiger charge is 2.19. The van der Waals surface area contributed by atoms with Crippen LogP contribution in [0.2, 0.25) is 0 Å². The molecule has 0 fully saturated rings. The van der Waals surface area contributed by atoms with Crippen LogP contribution >= 0.6 is 0 Å². The average Bonchev–Trinajstić information content (AvgIpc) is 2.89. The molecule has 1 amide bonds. The van der Waals surface area contributed by atoms with Gasteiger partial charge in [-0.05, 0) is 43.2 Å². The molecule has 0 aliphatic rings. The predicted octanol–water partition coefficient (Wildman–Crippen LogP) is 4.16. The summed E-state index contributed by atoms with van der Waals surface area (Å²) in [7, 11) is 0. The maximum atomic E-state index is 13.3. The molecule has 0 saturated carbocycles. The van der Waals surface area contributed by atoms with E-state index in [4.69, 9.17) is 9.72 Å². The molecular weight excluding hydrogens is 456 g/mol. The van der Waals surface area contributed by atoms with E-state index in [1.807, 2.05) is 30.3 Å². The first-order valence-electron chi connectivity index (χ1n) is 12.1. The fourth-order valence-corrected chi connectivity index (χ4v) is 3.96. The molecule has 0 bridgehead atoms. The third-order valence-electron chi connectivity index (χ3n) is 5.70. The number of ether oxygens (including phenoxy) is 1. The second-order valence-electron chi connectivity index (χ2n) is 8.24. The second-order valence-corrected chi connectivity index (χ2v) is 8.24. The molecular formula is C28H28N4O4. The molecule has 0 saturated heterocycles. The number of carbonyl (C=O) groups is 2. The van der Waals surface area contributed by atoms with Gasteiger partial charge in [0.05, 0.1) is 12.0 Å².